The molecule has 1 N–H and O–H groups in total. The number of anilines is 1. The number of urea groups is 1. The van der Waals surface area contributed by atoms with Gasteiger partial charge in [0, 0.05) is 5.56 Å². The molecular formula is C26H19N2O6-. The number of aromatic carboxylic acids is 1. The Balaban J connectivity index is 1.62. The number of barbiturate groups is 1. The van der Waals surface area contributed by atoms with E-state index in [1.165, 1.54) is 18.2 Å². The molecule has 0 spiro atoms. The first kappa shape index (κ1) is 22.5. The van der Waals surface area contributed by atoms with E-state index in [1.807, 2.05) is 6.92 Å². The van der Waals surface area contributed by atoms with Crippen molar-refractivity contribution in [2.24, 2.45) is 0 Å². The summed E-state index contributed by atoms with van der Waals surface area (Å²) in [5.74, 6) is -2.49. The molecule has 3 aromatic carbocycles. The fraction of sp³-hybridized carbons (Fsp3) is 0.0769. The van der Waals surface area contributed by atoms with E-state index in [4.69, 9.17) is 4.74 Å². The van der Waals surface area contributed by atoms with Gasteiger partial charge < -0.3 is 14.6 Å². The molecule has 3 aromatic rings. The highest BCUT2D eigenvalue weighted by Gasteiger charge is 2.36. The van der Waals surface area contributed by atoms with Crippen LogP contribution >= 0.6 is 0 Å². The summed E-state index contributed by atoms with van der Waals surface area (Å²) >= 11 is 0. The molecule has 4 amide bonds. The van der Waals surface area contributed by atoms with Gasteiger partial charge in [-0.1, -0.05) is 54.1 Å². The Hall–Kier alpha value is -4.72. The molecule has 1 aliphatic heterocycles. The van der Waals surface area contributed by atoms with Gasteiger partial charge in [-0.15, -0.1) is 0 Å². The van der Waals surface area contributed by atoms with Gasteiger partial charge in [-0.3, -0.25) is 14.9 Å². The standard InChI is InChI=1S/C26H20N2O6/c1-16-9-11-20(12-10-16)28-24(30)21(23(29)27-26(28)33)14-18-6-2-3-8-22(18)34-15-17-5-4-7-19(13-17)25(31)32/h2-14H,15H2,1H3,(H,31,32)(H,27,29,33)/p-1/b21-14+. The Morgan fingerprint density at radius 3 is 2.47 bits per heavy atom. The first-order valence-electron chi connectivity index (χ1n) is 10.3. The number of hydrogen-bond acceptors (Lipinski definition) is 6. The van der Waals surface area contributed by atoms with Crippen LogP contribution in [-0.4, -0.2) is 23.8 Å². The lowest BCUT2D eigenvalue weighted by atomic mass is 10.1. The second-order valence-corrected chi connectivity index (χ2v) is 7.61. The Morgan fingerprint density at radius 1 is 1.00 bits per heavy atom. The summed E-state index contributed by atoms with van der Waals surface area (Å²) in [4.78, 5) is 49.9. The van der Waals surface area contributed by atoms with Gasteiger partial charge in [-0.2, -0.15) is 0 Å². The number of hydrogen-bond donors (Lipinski definition) is 1. The molecule has 0 radical (unpaired) electrons. The highest BCUT2D eigenvalue weighted by Crippen LogP contribution is 2.26. The highest BCUT2D eigenvalue weighted by atomic mass is 16.5. The normalized spacial score (nSPS) is 14.8. The Bertz CT molecular complexity index is 1330. The summed E-state index contributed by atoms with van der Waals surface area (Å²) in [6, 6.07) is 18.8. The van der Waals surface area contributed by atoms with Crippen LogP contribution in [0.4, 0.5) is 10.5 Å². The van der Waals surface area contributed by atoms with Crippen molar-refractivity contribution in [3.8, 4) is 5.75 Å². The van der Waals surface area contributed by atoms with Gasteiger partial charge in [0.15, 0.2) is 0 Å². The lowest BCUT2D eigenvalue weighted by Crippen LogP contribution is -2.54. The van der Waals surface area contributed by atoms with Crippen molar-refractivity contribution in [3.63, 3.8) is 0 Å². The topological polar surface area (TPSA) is 116 Å². The number of carbonyl (C=O) groups is 4. The number of benzene rings is 3. The number of ether oxygens (including phenoxy) is 1. The van der Waals surface area contributed by atoms with Crippen molar-refractivity contribution in [1.82, 2.24) is 5.32 Å². The maximum atomic E-state index is 13.1. The molecule has 1 saturated heterocycles. The van der Waals surface area contributed by atoms with Gasteiger partial charge in [0.1, 0.15) is 17.9 Å². The van der Waals surface area contributed by atoms with Crippen molar-refractivity contribution >= 4 is 35.6 Å². The molecule has 1 fully saturated rings. The number of para-hydroxylation sites is 1. The number of rotatable bonds is 6. The van der Waals surface area contributed by atoms with Crippen LogP contribution in [0.3, 0.4) is 0 Å². The number of nitrogens with one attached hydrogen (secondary N) is 1. The fourth-order valence-corrected chi connectivity index (χ4v) is 3.42. The van der Waals surface area contributed by atoms with E-state index < -0.39 is 23.8 Å². The molecule has 8 nitrogen and oxygen atoms in total. The Kier molecular flexibility index (Phi) is 6.22. The largest absolute Gasteiger partial charge is 0.545 e. The predicted octanol–water partition coefficient (Wildman–Crippen LogP) is 2.60. The number of imide groups is 2. The second-order valence-electron chi connectivity index (χ2n) is 7.61. The van der Waals surface area contributed by atoms with Gasteiger partial charge >= 0.3 is 6.03 Å². The summed E-state index contributed by atoms with van der Waals surface area (Å²) in [7, 11) is 0. The molecule has 0 bridgehead atoms. The van der Waals surface area contributed by atoms with E-state index in [0.717, 1.165) is 10.5 Å². The Labute approximate surface area is 195 Å². The molecule has 1 heterocycles. The molecule has 0 saturated carbocycles. The zero-order valence-electron chi connectivity index (χ0n) is 18.1. The average Bonchev–Trinajstić information content (AvgIpc) is 2.82. The quantitative estimate of drug-likeness (QED) is 0.451. The highest BCUT2D eigenvalue weighted by molar-refractivity contribution is 6.39. The molecule has 0 aliphatic carbocycles. The van der Waals surface area contributed by atoms with Crippen molar-refractivity contribution in [3.05, 3.63) is 101 Å². The summed E-state index contributed by atoms with van der Waals surface area (Å²) in [6.07, 6.45) is 1.36. The summed E-state index contributed by atoms with van der Waals surface area (Å²) in [5.41, 5.74) is 2.14. The van der Waals surface area contributed by atoms with Gasteiger partial charge in [0.2, 0.25) is 0 Å². The molecule has 0 unspecified atom stereocenters. The van der Waals surface area contributed by atoms with Crippen LogP contribution < -0.4 is 20.1 Å². The molecule has 0 atom stereocenters. The van der Waals surface area contributed by atoms with Crippen molar-refractivity contribution in [2.45, 2.75) is 13.5 Å². The van der Waals surface area contributed by atoms with Crippen LogP contribution in [0.1, 0.15) is 27.0 Å². The van der Waals surface area contributed by atoms with Gasteiger partial charge in [0.25, 0.3) is 11.8 Å². The Morgan fingerprint density at radius 2 is 1.74 bits per heavy atom. The first-order valence-corrected chi connectivity index (χ1v) is 10.3. The number of carboxylic acids is 1. The summed E-state index contributed by atoms with van der Waals surface area (Å²) in [6.45, 7) is 1.93. The molecule has 4 rings (SSSR count). The van der Waals surface area contributed by atoms with Crippen molar-refractivity contribution < 1.29 is 29.0 Å². The minimum Gasteiger partial charge on any atom is -0.545 e. The van der Waals surface area contributed by atoms with E-state index >= 15 is 0 Å². The smallest absolute Gasteiger partial charge is 0.335 e. The third-order valence-electron chi connectivity index (χ3n) is 5.17. The summed E-state index contributed by atoms with van der Waals surface area (Å²) < 4.78 is 5.83. The monoisotopic (exact) mass is 455 g/mol. The van der Waals surface area contributed by atoms with Crippen LogP contribution in [-0.2, 0) is 16.2 Å². The fourth-order valence-electron chi connectivity index (χ4n) is 3.42. The van der Waals surface area contributed by atoms with Gasteiger partial charge in [0.05, 0.1) is 11.7 Å². The van der Waals surface area contributed by atoms with Crippen LogP contribution in [0.5, 0.6) is 5.75 Å². The minimum absolute atomic E-state index is 0.0295. The van der Waals surface area contributed by atoms with Gasteiger partial charge in [-0.25, -0.2) is 9.69 Å². The number of aryl methyl sites for hydroxylation is 1. The van der Waals surface area contributed by atoms with Crippen LogP contribution in [0.25, 0.3) is 6.08 Å². The van der Waals surface area contributed by atoms with Gasteiger partial charge in [-0.05, 0) is 48.4 Å². The minimum atomic E-state index is -1.29. The average molecular weight is 455 g/mol. The molecule has 34 heavy (non-hydrogen) atoms. The lowest BCUT2D eigenvalue weighted by Gasteiger charge is -2.26. The van der Waals surface area contributed by atoms with Crippen molar-refractivity contribution in [1.29, 1.82) is 0 Å². The maximum Gasteiger partial charge on any atom is 0.335 e. The SMILES string of the molecule is Cc1ccc(N2C(=O)NC(=O)/C(=C\c3ccccc3OCc3cccc(C(=O)[O-])c3)C2=O)cc1. The van der Waals surface area contributed by atoms with E-state index in [2.05, 4.69) is 5.32 Å². The molecule has 170 valence electrons. The molecule has 0 aromatic heterocycles. The zero-order chi connectivity index (χ0) is 24.2. The number of carboxylic acid groups (broad SMARTS) is 1. The summed E-state index contributed by atoms with van der Waals surface area (Å²) in [5, 5.41) is 13.3. The molecule has 8 heteroatoms. The number of nitrogens with zero attached hydrogens (tertiary/aromatic N) is 1. The van der Waals surface area contributed by atoms with E-state index in [-0.39, 0.29) is 17.7 Å². The second kappa shape index (κ2) is 9.41. The maximum absolute atomic E-state index is 13.1. The third-order valence-corrected chi connectivity index (χ3v) is 5.17. The molecular weight excluding hydrogens is 436 g/mol. The number of carbonyl (C=O) groups excluding carboxylic acids is 4. The zero-order valence-corrected chi connectivity index (χ0v) is 18.1. The third kappa shape index (κ3) is 4.71. The van der Waals surface area contributed by atoms with E-state index in [0.29, 0.717) is 22.6 Å². The number of amides is 4. The predicted molar refractivity (Wildman–Crippen MR) is 122 cm³/mol. The van der Waals surface area contributed by atoms with Crippen LogP contribution in [0, 0.1) is 6.92 Å². The first-order chi connectivity index (χ1) is 16.3. The molecule has 1 aliphatic rings. The lowest BCUT2D eigenvalue weighted by molar-refractivity contribution is -0.255. The van der Waals surface area contributed by atoms with Crippen LogP contribution in [0.15, 0.2) is 78.4 Å². The van der Waals surface area contributed by atoms with Crippen molar-refractivity contribution in [2.75, 3.05) is 4.90 Å². The van der Waals surface area contributed by atoms with Crippen LogP contribution in [0.2, 0.25) is 0 Å². The van der Waals surface area contributed by atoms with E-state index in [9.17, 15) is 24.3 Å². The van der Waals surface area contributed by atoms with E-state index in [1.54, 1.807) is 60.7 Å².